The lowest BCUT2D eigenvalue weighted by molar-refractivity contribution is 0.0439. The van der Waals surface area contributed by atoms with Crippen LogP contribution >= 0.6 is 24.8 Å². The highest BCUT2D eigenvalue weighted by atomic mass is 35.5. The molecular formula is C17H31Cl2N3O. The van der Waals surface area contributed by atoms with E-state index < -0.39 is 0 Å². The third-order valence-corrected chi connectivity index (χ3v) is 4.24. The molecule has 1 aliphatic rings. The first-order valence-corrected chi connectivity index (χ1v) is 8.12. The fourth-order valence-corrected chi connectivity index (χ4v) is 2.91. The Morgan fingerprint density at radius 3 is 2.65 bits per heavy atom. The second-order valence-electron chi connectivity index (χ2n) is 5.79. The molecule has 23 heavy (non-hydrogen) atoms. The quantitative estimate of drug-likeness (QED) is 0.720. The molecule has 1 atom stereocenters. The maximum absolute atomic E-state index is 6.02. The summed E-state index contributed by atoms with van der Waals surface area (Å²) in [6, 6.07) is 8.17. The highest BCUT2D eigenvalue weighted by Crippen LogP contribution is 2.17. The highest BCUT2D eigenvalue weighted by Gasteiger charge is 2.22. The second kappa shape index (κ2) is 11.9. The van der Waals surface area contributed by atoms with Crippen LogP contribution in [0.2, 0.25) is 0 Å². The number of likely N-dealkylation sites (N-methyl/N-ethyl adjacent to an activating group) is 1. The molecule has 1 aliphatic heterocycles. The molecule has 0 saturated carbocycles. The molecule has 0 aromatic heterocycles. The molecule has 2 rings (SSSR count). The first-order chi connectivity index (χ1) is 10.2. The number of nitrogens with zero attached hydrogens (tertiary/aromatic N) is 2. The Morgan fingerprint density at radius 2 is 2.00 bits per heavy atom. The lowest BCUT2D eigenvalue weighted by Crippen LogP contribution is -2.29. The van der Waals surface area contributed by atoms with E-state index in [9.17, 15) is 0 Å². The summed E-state index contributed by atoms with van der Waals surface area (Å²) in [5.74, 6) is 0. The molecule has 1 aromatic rings. The van der Waals surface area contributed by atoms with Crippen LogP contribution < -0.4 is 5.73 Å². The van der Waals surface area contributed by atoms with E-state index in [0.717, 1.165) is 58.0 Å². The number of rotatable bonds is 8. The van der Waals surface area contributed by atoms with Crippen molar-refractivity contribution >= 4 is 30.5 Å². The number of hydrogen-bond acceptors (Lipinski definition) is 4. The summed E-state index contributed by atoms with van der Waals surface area (Å²) in [7, 11) is 0. The number of likely N-dealkylation sites (tertiary alicyclic amines) is 1. The second-order valence-corrected chi connectivity index (χ2v) is 5.79. The van der Waals surface area contributed by atoms with Gasteiger partial charge < -0.3 is 15.4 Å². The van der Waals surface area contributed by atoms with Crippen molar-refractivity contribution in [2.75, 3.05) is 45.1 Å². The zero-order valence-electron chi connectivity index (χ0n) is 14.2. The predicted molar refractivity (Wildman–Crippen MR) is 103 cm³/mol. The zero-order chi connectivity index (χ0) is 15.1. The van der Waals surface area contributed by atoms with Gasteiger partial charge in [-0.05, 0) is 37.2 Å². The average molecular weight is 364 g/mol. The van der Waals surface area contributed by atoms with Crippen LogP contribution in [0.1, 0.15) is 25.8 Å². The van der Waals surface area contributed by atoms with E-state index in [0.29, 0.717) is 6.10 Å². The standard InChI is InChI=1S/C17H29N3O.2ClH/c1-3-19(4-2)10-11-21-17-8-9-20(14-17)13-15-6-5-7-16(18)12-15;;/h5-7,12,17H,3-4,8-11,13-14,18H2,1-2H3;2*1H. The number of benzene rings is 1. The summed E-state index contributed by atoms with van der Waals surface area (Å²) < 4.78 is 6.02. The van der Waals surface area contributed by atoms with Crippen molar-refractivity contribution in [1.29, 1.82) is 0 Å². The molecule has 2 N–H and O–H groups in total. The van der Waals surface area contributed by atoms with Crippen molar-refractivity contribution in [3.63, 3.8) is 0 Å². The Bertz CT molecular complexity index is 430. The molecule has 0 bridgehead atoms. The summed E-state index contributed by atoms with van der Waals surface area (Å²) in [5.41, 5.74) is 7.97. The lowest BCUT2D eigenvalue weighted by Gasteiger charge is -2.20. The first kappa shape index (κ1) is 22.5. The van der Waals surface area contributed by atoms with E-state index in [1.165, 1.54) is 5.56 Å². The number of ether oxygens (including phenoxy) is 1. The number of hydrogen-bond donors (Lipinski definition) is 1. The number of nitrogens with two attached hydrogens (primary N) is 1. The Hall–Kier alpha value is -0.520. The van der Waals surface area contributed by atoms with Crippen LogP contribution in [0.5, 0.6) is 0 Å². The summed E-state index contributed by atoms with van der Waals surface area (Å²) in [5, 5.41) is 0. The minimum atomic E-state index is 0. The van der Waals surface area contributed by atoms with E-state index >= 15 is 0 Å². The van der Waals surface area contributed by atoms with Gasteiger partial charge >= 0.3 is 0 Å². The molecule has 1 fully saturated rings. The molecular weight excluding hydrogens is 333 g/mol. The minimum Gasteiger partial charge on any atom is -0.399 e. The molecule has 1 saturated heterocycles. The molecule has 134 valence electrons. The van der Waals surface area contributed by atoms with Crippen LogP contribution in [0.25, 0.3) is 0 Å². The molecule has 0 amide bonds. The molecule has 0 spiro atoms. The first-order valence-electron chi connectivity index (χ1n) is 8.12. The largest absolute Gasteiger partial charge is 0.399 e. The van der Waals surface area contributed by atoms with Crippen molar-refractivity contribution in [1.82, 2.24) is 9.80 Å². The normalized spacial score (nSPS) is 17.8. The molecule has 1 heterocycles. The number of nitrogen functional groups attached to an aromatic ring is 1. The van der Waals surface area contributed by atoms with Gasteiger partial charge in [0.05, 0.1) is 12.7 Å². The molecule has 0 aliphatic carbocycles. The maximum atomic E-state index is 6.02. The van der Waals surface area contributed by atoms with Gasteiger partial charge in [0.1, 0.15) is 0 Å². The van der Waals surface area contributed by atoms with Crippen molar-refractivity contribution in [3.8, 4) is 0 Å². The smallest absolute Gasteiger partial charge is 0.0714 e. The third-order valence-electron chi connectivity index (χ3n) is 4.24. The van der Waals surface area contributed by atoms with Crippen LogP contribution in [-0.2, 0) is 11.3 Å². The van der Waals surface area contributed by atoms with E-state index in [2.05, 4.69) is 35.8 Å². The molecule has 6 heteroatoms. The van der Waals surface area contributed by atoms with Crippen molar-refractivity contribution in [3.05, 3.63) is 29.8 Å². The van der Waals surface area contributed by atoms with Gasteiger partial charge in [0.15, 0.2) is 0 Å². The molecule has 0 radical (unpaired) electrons. The van der Waals surface area contributed by atoms with Crippen molar-refractivity contribution in [2.45, 2.75) is 32.9 Å². The van der Waals surface area contributed by atoms with Crippen molar-refractivity contribution < 1.29 is 4.74 Å². The zero-order valence-corrected chi connectivity index (χ0v) is 15.9. The minimum absolute atomic E-state index is 0. The lowest BCUT2D eigenvalue weighted by atomic mass is 10.2. The van der Waals surface area contributed by atoms with Crippen LogP contribution in [-0.4, -0.2) is 55.2 Å². The predicted octanol–water partition coefficient (Wildman–Crippen LogP) is 3.05. The van der Waals surface area contributed by atoms with Gasteiger partial charge in [0.2, 0.25) is 0 Å². The van der Waals surface area contributed by atoms with Gasteiger partial charge in [-0.3, -0.25) is 4.90 Å². The average Bonchev–Trinajstić information content (AvgIpc) is 2.91. The van der Waals surface area contributed by atoms with Gasteiger partial charge in [0.25, 0.3) is 0 Å². The van der Waals surface area contributed by atoms with Gasteiger partial charge in [-0.25, -0.2) is 0 Å². The van der Waals surface area contributed by atoms with Crippen LogP contribution in [0.3, 0.4) is 0 Å². The Kier molecular flexibility index (Phi) is 11.7. The van der Waals surface area contributed by atoms with Gasteiger partial charge in [-0.1, -0.05) is 26.0 Å². The maximum Gasteiger partial charge on any atom is 0.0714 e. The summed E-state index contributed by atoms with van der Waals surface area (Å²) >= 11 is 0. The number of anilines is 1. The summed E-state index contributed by atoms with van der Waals surface area (Å²) in [4.78, 5) is 4.86. The number of halogens is 2. The SMILES string of the molecule is CCN(CC)CCOC1CCN(Cc2cccc(N)c2)C1.Cl.Cl. The highest BCUT2D eigenvalue weighted by molar-refractivity contribution is 5.85. The molecule has 4 nitrogen and oxygen atoms in total. The van der Waals surface area contributed by atoms with Crippen LogP contribution in [0.4, 0.5) is 5.69 Å². The Balaban J connectivity index is 0.00000242. The van der Waals surface area contributed by atoms with E-state index in [-0.39, 0.29) is 24.8 Å². The fourth-order valence-electron chi connectivity index (χ4n) is 2.91. The van der Waals surface area contributed by atoms with Gasteiger partial charge in [-0.2, -0.15) is 0 Å². The van der Waals surface area contributed by atoms with E-state index in [1.807, 2.05) is 12.1 Å². The van der Waals surface area contributed by atoms with Crippen LogP contribution in [0.15, 0.2) is 24.3 Å². The third kappa shape index (κ3) is 7.73. The molecule has 1 unspecified atom stereocenters. The monoisotopic (exact) mass is 363 g/mol. The van der Waals surface area contributed by atoms with Crippen LogP contribution in [0, 0.1) is 0 Å². The Labute approximate surface area is 153 Å². The summed E-state index contributed by atoms with van der Waals surface area (Å²) in [6.07, 6.45) is 1.53. The van der Waals surface area contributed by atoms with Gasteiger partial charge in [-0.15, -0.1) is 24.8 Å². The van der Waals surface area contributed by atoms with E-state index in [4.69, 9.17) is 10.5 Å². The summed E-state index contributed by atoms with van der Waals surface area (Å²) in [6.45, 7) is 11.6. The van der Waals surface area contributed by atoms with Crippen molar-refractivity contribution in [2.24, 2.45) is 0 Å². The fraction of sp³-hybridized carbons (Fsp3) is 0.647. The van der Waals surface area contributed by atoms with E-state index in [1.54, 1.807) is 0 Å². The topological polar surface area (TPSA) is 41.7 Å². The Morgan fingerprint density at radius 1 is 1.26 bits per heavy atom. The van der Waals surface area contributed by atoms with Gasteiger partial charge in [0, 0.05) is 31.9 Å². The molecule has 1 aromatic carbocycles.